The molecule has 0 radical (unpaired) electrons. The van der Waals surface area contributed by atoms with Crippen molar-refractivity contribution in [2.45, 2.75) is 45.6 Å². The van der Waals surface area contributed by atoms with Gasteiger partial charge in [0.05, 0.1) is 12.5 Å². The monoisotopic (exact) mass is 256 g/mol. The fourth-order valence-electron chi connectivity index (χ4n) is 2.65. The molecule has 0 saturated carbocycles. The number of nitrogens with zero attached hydrogens (tertiary/aromatic N) is 1. The molecule has 0 aliphatic carbocycles. The van der Waals surface area contributed by atoms with E-state index in [1.54, 1.807) is 0 Å². The quantitative estimate of drug-likeness (QED) is 0.703. The first kappa shape index (κ1) is 15.4. The van der Waals surface area contributed by atoms with Crippen LogP contribution in [0.1, 0.15) is 39.5 Å². The molecule has 0 aromatic carbocycles. The first-order valence-corrected chi connectivity index (χ1v) is 7.24. The van der Waals surface area contributed by atoms with Gasteiger partial charge in [-0.05, 0) is 46.3 Å². The lowest BCUT2D eigenvalue weighted by Gasteiger charge is -2.37. The second kappa shape index (κ2) is 8.48. The van der Waals surface area contributed by atoms with Gasteiger partial charge in [0.1, 0.15) is 0 Å². The Bertz CT molecular complexity index is 246. The highest BCUT2D eigenvalue weighted by Gasteiger charge is 2.25. The first-order chi connectivity index (χ1) is 8.69. The molecular formula is C14H28N2O2. The topological polar surface area (TPSA) is 41.6 Å². The predicted molar refractivity (Wildman–Crippen MR) is 73.6 cm³/mol. The van der Waals surface area contributed by atoms with Crippen molar-refractivity contribution < 1.29 is 9.53 Å². The molecule has 1 aliphatic heterocycles. The fourth-order valence-corrected chi connectivity index (χ4v) is 2.65. The number of nitrogens with one attached hydrogen (secondary N) is 1. The summed E-state index contributed by atoms with van der Waals surface area (Å²) in [4.78, 5) is 14.2. The fraction of sp³-hybridized carbons (Fsp3) is 0.929. The molecule has 1 saturated heterocycles. The van der Waals surface area contributed by atoms with Crippen LogP contribution in [0, 0.1) is 5.92 Å². The van der Waals surface area contributed by atoms with Gasteiger partial charge >= 0.3 is 5.97 Å². The van der Waals surface area contributed by atoms with Crippen molar-refractivity contribution in [3.05, 3.63) is 0 Å². The van der Waals surface area contributed by atoms with E-state index in [2.05, 4.69) is 10.2 Å². The van der Waals surface area contributed by atoms with Crippen LogP contribution in [-0.4, -0.2) is 50.2 Å². The van der Waals surface area contributed by atoms with Gasteiger partial charge in [0, 0.05) is 12.6 Å². The van der Waals surface area contributed by atoms with Gasteiger partial charge in [0.15, 0.2) is 0 Å². The van der Waals surface area contributed by atoms with Crippen LogP contribution in [0.2, 0.25) is 0 Å². The zero-order valence-corrected chi connectivity index (χ0v) is 12.1. The van der Waals surface area contributed by atoms with E-state index < -0.39 is 0 Å². The summed E-state index contributed by atoms with van der Waals surface area (Å²) in [5.74, 6) is -0.0735. The Hall–Kier alpha value is -0.610. The molecule has 18 heavy (non-hydrogen) atoms. The van der Waals surface area contributed by atoms with E-state index in [-0.39, 0.29) is 11.9 Å². The van der Waals surface area contributed by atoms with Crippen LogP contribution in [0.4, 0.5) is 0 Å². The van der Waals surface area contributed by atoms with Crippen LogP contribution in [0.25, 0.3) is 0 Å². The van der Waals surface area contributed by atoms with Crippen LogP contribution in [0.5, 0.6) is 0 Å². The number of rotatable bonds is 7. The van der Waals surface area contributed by atoms with Gasteiger partial charge in [-0.3, -0.25) is 9.69 Å². The van der Waals surface area contributed by atoms with Gasteiger partial charge in [-0.2, -0.15) is 0 Å². The van der Waals surface area contributed by atoms with Crippen LogP contribution < -0.4 is 5.32 Å². The van der Waals surface area contributed by atoms with E-state index in [0.29, 0.717) is 12.6 Å². The summed E-state index contributed by atoms with van der Waals surface area (Å²) in [5, 5.41) is 3.21. The van der Waals surface area contributed by atoms with Crippen LogP contribution >= 0.6 is 0 Å². The summed E-state index contributed by atoms with van der Waals surface area (Å²) in [6.45, 7) is 7.33. The molecule has 1 rings (SSSR count). The highest BCUT2D eigenvalue weighted by atomic mass is 16.5. The Morgan fingerprint density at radius 1 is 1.50 bits per heavy atom. The SMILES string of the molecule is CCOC(=O)C(C)CN1CCCCC1CCNC. The number of ether oxygens (including phenoxy) is 1. The zero-order chi connectivity index (χ0) is 13.4. The van der Waals surface area contributed by atoms with Gasteiger partial charge < -0.3 is 10.1 Å². The highest BCUT2D eigenvalue weighted by Crippen LogP contribution is 2.20. The maximum absolute atomic E-state index is 11.7. The second-order valence-corrected chi connectivity index (χ2v) is 5.19. The zero-order valence-electron chi connectivity index (χ0n) is 12.1. The Balaban J connectivity index is 2.42. The van der Waals surface area contributed by atoms with E-state index in [9.17, 15) is 4.79 Å². The maximum Gasteiger partial charge on any atom is 0.309 e. The van der Waals surface area contributed by atoms with Crippen LogP contribution in [0.3, 0.4) is 0 Å². The number of carbonyl (C=O) groups is 1. The Morgan fingerprint density at radius 2 is 2.28 bits per heavy atom. The second-order valence-electron chi connectivity index (χ2n) is 5.19. The van der Waals surface area contributed by atoms with Gasteiger partial charge in [-0.1, -0.05) is 13.3 Å². The molecule has 0 aromatic heterocycles. The molecule has 1 aliphatic rings. The van der Waals surface area contributed by atoms with Gasteiger partial charge in [0.25, 0.3) is 0 Å². The van der Waals surface area contributed by atoms with Crippen molar-refractivity contribution in [1.29, 1.82) is 0 Å². The molecule has 0 amide bonds. The largest absolute Gasteiger partial charge is 0.466 e. The normalized spacial score (nSPS) is 22.7. The Morgan fingerprint density at radius 3 is 2.94 bits per heavy atom. The average molecular weight is 256 g/mol. The molecule has 2 atom stereocenters. The Labute approximate surface area is 111 Å². The summed E-state index contributed by atoms with van der Waals surface area (Å²) in [5.41, 5.74) is 0. The van der Waals surface area contributed by atoms with Crippen molar-refractivity contribution in [2.24, 2.45) is 5.92 Å². The summed E-state index contributed by atoms with van der Waals surface area (Å²) >= 11 is 0. The molecule has 2 unspecified atom stereocenters. The van der Waals surface area contributed by atoms with E-state index >= 15 is 0 Å². The van der Waals surface area contributed by atoms with Crippen molar-refractivity contribution in [3.63, 3.8) is 0 Å². The highest BCUT2D eigenvalue weighted by molar-refractivity contribution is 5.72. The molecule has 0 aromatic rings. The summed E-state index contributed by atoms with van der Waals surface area (Å²) in [6, 6.07) is 0.628. The number of hydrogen-bond acceptors (Lipinski definition) is 4. The molecule has 0 bridgehead atoms. The minimum absolute atomic E-state index is 0.0138. The third-order valence-corrected chi connectivity index (χ3v) is 3.67. The summed E-state index contributed by atoms with van der Waals surface area (Å²) in [6.07, 6.45) is 5.01. The number of carbonyl (C=O) groups excluding carboxylic acids is 1. The lowest BCUT2D eigenvalue weighted by Crippen LogP contribution is -2.44. The number of hydrogen-bond donors (Lipinski definition) is 1. The third kappa shape index (κ3) is 4.94. The summed E-state index contributed by atoms with van der Waals surface area (Å²) < 4.78 is 5.08. The average Bonchev–Trinajstić information content (AvgIpc) is 2.38. The minimum Gasteiger partial charge on any atom is -0.466 e. The minimum atomic E-state index is -0.0598. The molecule has 106 valence electrons. The molecule has 1 fully saturated rings. The lowest BCUT2D eigenvalue weighted by atomic mass is 9.97. The summed E-state index contributed by atoms with van der Waals surface area (Å²) in [7, 11) is 1.99. The van der Waals surface area contributed by atoms with E-state index in [1.807, 2.05) is 20.9 Å². The smallest absolute Gasteiger partial charge is 0.309 e. The maximum atomic E-state index is 11.7. The van der Waals surface area contributed by atoms with Crippen LogP contribution in [0.15, 0.2) is 0 Å². The number of likely N-dealkylation sites (tertiary alicyclic amines) is 1. The van der Waals surface area contributed by atoms with E-state index in [1.165, 1.54) is 25.7 Å². The lowest BCUT2D eigenvalue weighted by molar-refractivity contribution is -0.148. The Kier molecular flexibility index (Phi) is 7.28. The molecule has 0 spiro atoms. The van der Waals surface area contributed by atoms with Crippen molar-refractivity contribution in [3.8, 4) is 0 Å². The molecule has 1 heterocycles. The van der Waals surface area contributed by atoms with Crippen molar-refractivity contribution in [1.82, 2.24) is 10.2 Å². The van der Waals surface area contributed by atoms with E-state index in [4.69, 9.17) is 4.74 Å². The van der Waals surface area contributed by atoms with Gasteiger partial charge in [0.2, 0.25) is 0 Å². The molecule has 4 nitrogen and oxygen atoms in total. The van der Waals surface area contributed by atoms with Gasteiger partial charge in [-0.25, -0.2) is 0 Å². The first-order valence-electron chi connectivity index (χ1n) is 7.24. The van der Waals surface area contributed by atoms with Crippen molar-refractivity contribution >= 4 is 5.97 Å². The molecular weight excluding hydrogens is 228 g/mol. The van der Waals surface area contributed by atoms with E-state index in [0.717, 1.165) is 19.6 Å². The van der Waals surface area contributed by atoms with Crippen LogP contribution in [-0.2, 0) is 9.53 Å². The molecule has 4 heteroatoms. The number of esters is 1. The standard InChI is InChI=1S/C14H28N2O2/c1-4-18-14(17)12(2)11-16-10-6-5-7-13(16)8-9-15-3/h12-13,15H,4-11H2,1-3H3. The predicted octanol–water partition coefficient (Wildman–Crippen LogP) is 1.65. The van der Waals surface area contributed by atoms with Crippen molar-refractivity contribution in [2.75, 3.05) is 33.3 Å². The molecule has 1 N–H and O–H groups in total. The van der Waals surface area contributed by atoms with Gasteiger partial charge in [-0.15, -0.1) is 0 Å². The third-order valence-electron chi connectivity index (χ3n) is 3.67. The number of piperidine rings is 1.